The Morgan fingerprint density at radius 2 is 1.78 bits per heavy atom. The van der Waals surface area contributed by atoms with Crippen molar-refractivity contribution >= 4 is 12.1 Å². The first-order chi connectivity index (χ1) is 13.0. The van der Waals surface area contributed by atoms with Crippen LogP contribution in [-0.4, -0.2) is 39.6 Å². The fourth-order valence-corrected chi connectivity index (χ4v) is 1.99. The van der Waals surface area contributed by atoms with Gasteiger partial charge >= 0.3 is 6.61 Å². The molecule has 27 heavy (non-hydrogen) atoms. The number of benzene rings is 2. The van der Waals surface area contributed by atoms with Crippen LogP contribution in [0.25, 0.3) is 0 Å². The third-order valence-electron chi connectivity index (χ3n) is 3.24. The van der Waals surface area contributed by atoms with Gasteiger partial charge in [-0.15, -0.1) is 0 Å². The third kappa shape index (κ3) is 6.46. The molecule has 0 saturated carbocycles. The van der Waals surface area contributed by atoms with Gasteiger partial charge in [0.15, 0.2) is 18.1 Å². The second-order valence-electron chi connectivity index (χ2n) is 5.05. The lowest BCUT2D eigenvalue weighted by Crippen LogP contribution is -2.24. The number of rotatable bonds is 9. The van der Waals surface area contributed by atoms with E-state index in [0.717, 1.165) is 0 Å². The van der Waals surface area contributed by atoms with E-state index in [9.17, 15) is 13.6 Å². The summed E-state index contributed by atoms with van der Waals surface area (Å²) in [5, 5.41) is 3.75. The zero-order valence-electron chi connectivity index (χ0n) is 14.6. The molecular weight excluding hydrogens is 362 g/mol. The normalized spacial score (nSPS) is 10.7. The molecule has 0 unspecified atom stereocenters. The van der Waals surface area contributed by atoms with Gasteiger partial charge in [0.05, 0.1) is 20.4 Å². The molecule has 2 aromatic carbocycles. The van der Waals surface area contributed by atoms with Crippen molar-refractivity contribution in [3.63, 3.8) is 0 Å². The minimum atomic E-state index is -2.99. The number of nitrogens with one attached hydrogen (secondary N) is 1. The first kappa shape index (κ1) is 20.0. The summed E-state index contributed by atoms with van der Waals surface area (Å²) < 4.78 is 44.4. The summed E-state index contributed by atoms with van der Waals surface area (Å²) in [7, 11) is 2.89. The maximum absolute atomic E-state index is 12.4. The second kappa shape index (κ2) is 9.95. The number of nitrogens with zero attached hydrogens (tertiary/aromatic N) is 1. The van der Waals surface area contributed by atoms with Gasteiger partial charge in [0.2, 0.25) is 0 Å². The van der Waals surface area contributed by atoms with Gasteiger partial charge in [-0.25, -0.2) is 5.43 Å². The van der Waals surface area contributed by atoms with Crippen molar-refractivity contribution < 1.29 is 32.5 Å². The maximum atomic E-state index is 12.4. The van der Waals surface area contributed by atoms with Gasteiger partial charge in [-0.1, -0.05) is 0 Å². The van der Waals surface area contributed by atoms with E-state index in [1.807, 2.05) is 0 Å². The van der Waals surface area contributed by atoms with Crippen LogP contribution < -0.4 is 24.4 Å². The molecule has 0 spiro atoms. The Labute approximate surface area is 154 Å². The Kier molecular flexibility index (Phi) is 7.36. The summed E-state index contributed by atoms with van der Waals surface area (Å²) in [5.41, 5.74) is 2.71. The van der Waals surface area contributed by atoms with Crippen LogP contribution in [0.5, 0.6) is 23.0 Å². The Morgan fingerprint density at radius 1 is 1.07 bits per heavy atom. The van der Waals surface area contributed by atoms with E-state index in [2.05, 4.69) is 15.3 Å². The van der Waals surface area contributed by atoms with E-state index in [1.54, 1.807) is 37.4 Å². The van der Waals surface area contributed by atoms with Crippen LogP contribution >= 0.6 is 0 Å². The van der Waals surface area contributed by atoms with E-state index in [-0.39, 0.29) is 18.1 Å². The summed E-state index contributed by atoms with van der Waals surface area (Å²) in [6, 6.07) is 11.1. The molecule has 0 fully saturated rings. The van der Waals surface area contributed by atoms with E-state index >= 15 is 0 Å². The predicted molar refractivity (Wildman–Crippen MR) is 93.9 cm³/mol. The van der Waals surface area contributed by atoms with Crippen LogP contribution in [0.3, 0.4) is 0 Å². The Bertz CT molecular complexity index is 782. The van der Waals surface area contributed by atoms with Crippen LogP contribution in [0.4, 0.5) is 8.78 Å². The Morgan fingerprint density at radius 3 is 2.41 bits per heavy atom. The molecule has 0 aliphatic rings. The number of amides is 1. The summed E-state index contributed by atoms with van der Waals surface area (Å²) in [5.74, 6) is 0.708. The topological polar surface area (TPSA) is 78.4 Å². The van der Waals surface area contributed by atoms with E-state index in [1.165, 1.54) is 25.5 Å². The fourth-order valence-electron chi connectivity index (χ4n) is 1.99. The summed E-state index contributed by atoms with van der Waals surface area (Å²) in [4.78, 5) is 11.7. The quantitative estimate of drug-likeness (QED) is 0.535. The van der Waals surface area contributed by atoms with Gasteiger partial charge in [-0.3, -0.25) is 4.79 Å². The third-order valence-corrected chi connectivity index (χ3v) is 3.24. The molecule has 9 heteroatoms. The maximum Gasteiger partial charge on any atom is 0.387 e. The Balaban J connectivity index is 1.87. The highest BCUT2D eigenvalue weighted by Gasteiger charge is 2.10. The number of carbonyl (C=O) groups is 1. The lowest BCUT2D eigenvalue weighted by Gasteiger charge is -2.10. The molecule has 1 amide bonds. The number of ether oxygens (including phenoxy) is 4. The first-order valence-electron chi connectivity index (χ1n) is 7.73. The van der Waals surface area contributed by atoms with Gasteiger partial charge in [0.25, 0.3) is 5.91 Å². The van der Waals surface area contributed by atoms with E-state index < -0.39 is 12.5 Å². The van der Waals surface area contributed by atoms with Crippen molar-refractivity contribution in [2.75, 3.05) is 20.8 Å². The smallest absolute Gasteiger partial charge is 0.387 e. The molecule has 144 valence electrons. The minimum absolute atomic E-state index is 0.134. The highest BCUT2D eigenvalue weighted by atomic mass is 19.3. The number of alkyl halides is 2. The molecule has 0 aliphatic heterocycles. The van der Waals surface area contributed by atoms with E-state index in [4.69, 9.17) is 14.2 Å². The molecule has 0 saturated heterocycles. The molecule has 0 aromatic heterocycles. The molecule has 0 radical (unpaired) electrons. The molecule has 0 atom stereocenters. The van der Waals surface area contributed by atoms with Crippen molar-refractivity contribution in [1.82, 2.24) is 5.43 Å². The number of carbonyl (C=O) groups excluding carboxylic acids is 1. The van der Waals surface area contributed by atoms with Crippen LogP contribution in [0, 0.1) is 0 Å². The van der Waals surface area contributed by atoms with Crippen molar-refractivity contribution in [1.29, 1.82) is 0 Å². The average molecular weight is 380 g/mol. The van der Waals surface area contributed by atoms with Gasteiger partial charge in [0.1, 0.15) is 11.5 Å². The lowest BCUT2D eigenvalue weighted by atomic mass is 10.2. The molecule has 2 rings (SSSR count). The minimum Gasteiger partial charge on any atom is -0.497 e. The van der Waals surface area contributed by atoms with Crippen molar-refractivity contribution in [2.45, 2.75) is 6.61 Å². The van der Waals surface area contributed by atoms with Crippen molar-refractivity contribution in [2.24, 2.45) is 5.10 Å². The SMILES string of the molecule is COc1ccc(OCC(=O)N/N=C\c2ccc(OC)c(OC(F)F)c2)cc1. The van der Waals surface area contributed by atoms with Crippen LogP contribution in [-0.2, 0) is 4.79 Å². The summed E-state index contributed by atoms with van der Waals surface area (Å²) in [6.45, 7) is -3.23. The number of hydrazone groups is 1. The molecule has 0 heterocycles. The second-order valence-corrected chi connectivity index (χ2v) is 5.05. The van der Waals surface area contributed by atoms with Crippen LogP contribution in [0.2, 0.25) is 0 Å². The average Bonchev–Trinajstić information content (AvgIpc) is 2.66. The molecule has 0 aliphatic carbocycles. The van der Waals surface area contributed by atoms with Gasteiger partial charge in [0, 0.05) is 0 Å². The van der Waals surface area contributed by atoms with Gasteiger partial charge < -0.3 is 18.9 Å². The zero-order chi connectivity index (χ0) is 19.6. The highest BCUT2D eigenvalue weighted by molar-refractivity contribution is 5.83. The fraction of sp³-hybridized carbons (Fsp3) is 0.222. The number of methoxy groups -OCH3 is 2. The summed E-state index contributed by atoms with van der Waals surface area (Å²) in [6.07, 6.45) is 1.28. The predicted octanol–water partition coefficient (Wildman–Crippen LogP) is 2.83. The number of hydrogen-bond donors (Lipinski definition) is 1. The largest absolute Gasteiger partial charge is 0.497 e. The standard InChI is InChI=1S/C18H18F2N2O5/c1-24-13-4-6-14(7-5-13)26-11-17(23)22-21-10-12-3-8-15(25-2)16(9-12)27-18(19)20/h3-10,18H,11H2,1-2H3,(H,22,23)/b21-10-. The van der Waals surface area contributed by atoms with E-state index in [0.29, 0.717) is 17.1 Å². The van der Waals surface area contributed by atoms with Crippen LogP contribution in [0.1, 0.15) is 5.56 Å². The number of hydrogen-bond acceptors (Lipinski definition) is 6. The van der Waals surface area contributed by atoms with Gasteiger partial charge in [-0.2, -0.15) is 13.9 Å². The zero-order valence-corrected chi connectivity index (χ0v) is 14.6. The van der Waals surface area contributed by atoms with Crippen LogP contribution in [0.15, 0.2) is 47.6 Å². The highest BCUT2D eigenvalue weighted by Crippen LogP contribution is 2.28. The monoisotopic (exact) mass is 380 g/mol. The Hall–Kier alpha value is -3.36. The summed E-state index contributed by atoms with van der Waals surface area (Å²) >= 11 is 0. The molecule has 7 nitrogen and oxygen atoms in total. The molecule has 0 bridgehead atoms. The molecule has 1 N–H and O–H groups in total. The lowest BCUT2D eigenvalue weighted by molar-refractivity contribution is -0.123. The number of halogens is 2. The molecular formula is C18H18F2N2O5. The van der Waals surface area contributed by atoms with Gasteiger partial charge in [-0.05, 0) is 48.0 Å². The first-order valence-corrected chi connectivity index (χ1v) is 7.73. The van der Waals surface area contributed by atoms with Crippen molar-refractivity contribution in [3.05, 3.63) is 48.0 Å². The van der Waals surface area contributed by atoms with Crippen molar-refractivity contribution in [3.8, 4) is 23.0 Å². The molecule has 2 aromatic rings.